The quantitative estimate of drug-likeness (QED) is 0.180. The van der Waals surface area contributed by atoms with Crippen LogP contribution in [0.1, 0.15) is 0 Å². The van der Waals surface area contributed by atoms with E-state index in [1.807, 2.05) is 22.7 Å². The Bertz CT molecular complexity index is 3450. The van der Waals surface area contributed by atoms with Crippen LogP contribution in [0.25, 0.3) is 95.0 Å². The van der Waals surface area contributed by atoms with E-state index in [0.29, 0.717) is 0 Å². The highest BCUT2D eigenvalue weighted by Gasteiger charge is 2.21. The molecule has 3 heterocycles. The van der Waals surface area contributed by atoms with E-state index in [1.54, 1.807) is 0 Å². The van der Waals surface area contributed by atoms with Crippen molar-refractivity contribution in [3.05, 3.63) is 176 Å². The Morgan fingerprint density at radius 2 is 1.09 bits per heavy atom. The topological polar surface area (TPSA) is 16.4 Å². The standard InChI is InChI=1S/C50H29NOS2/c1-3-12-35-30(9-1)11-7-15-36(35)32-19-22-33(23-20-32)51(42-17-8-16-39-38-14-5-6-18-44(38)54-50(39)42)34-24-27-45-41(29-34)48-46(53-45)28-26-43-47(48)40-25-21-31-10-2-4-13-37(31)49(40)52-43/h1-29H. The highest BCUT2D eigenvalue weighted by molar-refractivity contribution is 7.26. The zero-order valence-corrected chi connectivity index (χ0v) is 30.5. The number of furan rings is 1. The van der Waals surface area contributed by atoms with Gasteiger partial charge in [-0.2, -0.15) is 0 Å². The Morgan fingerprint density at radius 1 is 0.407 bits per heavy atom. The molecule has 54 heavy (non-hydrogen) atoms. The van der Waals surface area contributed by atoms with E-state index in [9.17, 15) is 0 Å². The van der Waals surface area contributed by atoms with Gasteiger partial charge in [0.1, 0.15) is 11.2 Å². The largest absolute Gasteiger partial charge is 0.455 e. The molecular weight excluding hydrogens is 695 g/mol. The molecule has 3 aromatic heterocycles. The van der Waals surface area contributed by atoms with Crippen LogP contribution in [0, 0.1) is 0 Å². The van der Waals surface area contributed by atoms with Gasteiger partial charge in [-0.3, -0.25) is 0 Å². The van der Waals surface area contributed by atoms with Crippen molar-refractivity contribution in [3.8, 4) is 11.1 Å². The molecule has 0 aliphatic heterocycles. The van der Waals surface area contributed by atoms with Gasteiger partial charge >= 0.3 is 0 Å². The molecule has 0 unspecified atom stereocenters. The summed E-state index contributed by atoms with van der Waals surface area (Å²) in [5.41, 5.74) is 7.75. The third-order valence-electron chi connectivity index (χ3n) is 11.1. The van der Waals surface area contributed by atoms with Crippen LogP contribution in [0.5, 0.6) is 0 Å². The van der Waals surface area contributed by atoms with Crippen LogP contribution in [0.2, 0.25) is 0 Å². The van der Waals surface area contributed by atoms with E-state index in [0.717, 1.165) is 33.3 Å². The van der Waals surface area contributed by atoms with Gasteiger partial charge in [-0.15, -0.1) is 22.7 Å². The molecule has 0 N–H and O–H groups in total. The summed E-state index contributed by atoms with van der Waals surface area (Å²) in [6.45, 7) is 0. The summed E-state index contributed by atoms with van der Waals surface area (Å²) < 4.78 is 11.8. The lowest BCUT2D eigenvalue weighted by molar-refractivity contribution is 0.673. The molecular formula is C50H29NOS2. The number of thiophene rings is 2. The van der Waals surface area contributed by atoms with E-state index in [4.69, 9.17) is 4.42 Å². The van der Waals surface area contributed by atoms with Gasteiger partial charge in [0.15, 0.2) is 0 Å². The molecule has 0 saturated heterocycles. The maximum absolute atomic E-state index is 6.66. The number of rotatable bonds is 4. The Labute approximate surface area is 318 Å². The highest BCUT2D eigenvalue weighted by Crippen LogP contribution is 2.48. The SMILES string of the molecule is c1ccc2c(-c3ccc(N(c4ccc5sc6ccc7oc8c9ccccc9ccc8c7c6c5c4)c4cccc5c4sc4ccccc45)cc3)cccc2c1. The van der Waals surface area contributed by atoms with Crippen molar-refractivity contribution in [2.24, 2.45) is 0 Å². The summed E-state index contributed by atoms with van der Waals surface area (Å²) in [4.78, 5) is 2.45. The fourth-order valence-corrected chi connectivity index (χ4v) is 10.9. The third-order valence-corrected chi connectivity index (χ3v) is 13.4. The van der Waals surface area contributed by atoms with Crippen molar-refractivity contribution in [1.29, 1.82) is 0 Å². The van der Waals surface area contributed by atoms with Crippen LogP contribution in [0.4, 0.5) is 17.1 Å². The minimum atomic E-state index is 0.926. The molecule has 4 heteroatoms. The molecule has 0 fully saturated rings. The van der Waals surface area contributed by atoms with Crippen LogP contribution in [-0.4, -0.2) is 0 Å². The summed E-state index contributed by atoms with van der Waals surface area (Å²) in [5, 5.41) is 12.3. The van der Waals surface area contributed by atoms with Gasteiger partial charge in [-0.1, -0.05) is 115 Å². The van der Waals surface area contributed by atoms with Crippen molar-refractivity contribution in [1.82, 2.24) is 0 Å². The zero-order valence-electron chi connectivity index (χ0n) is 28.9. The number of fused-ring (bicyclic) bond motifs is 13. The first-order chi connectivity index (χ1) is 26.8. The predicted octanol–water partition coefficient (Wildman–Crippen LogP) is 15.8. The second kappa shape index (κ2) is 11.5. The minimum Gasteiger partial charge on any atom is -0.455 e. The molecule has 0 spiro atoms. The lowest BCUT2D eigenvalue weighted by atomic mass is 9.98. The first-order valence-corrected chi connectivity index (χ1v) is 19.9. The smallest absolute Gasteiger partial charge is 0.143 e. The van der Waals surface area contributed by atoms with Crippen LogP contribution in [-0.2, 0) is 0 Å². The first-order valence-electron chi connectivity index (χ1n) is 18.2. The molecule has 0 bridgehead atoms. The van der Waals surface area contributed by atoms with E-state index in [2.05, 4.69) is 181 Å². The lowest BCUT2D eigenvalue weighted by Gasteiger charge is -2.26. The van der Waals surface area contributed by atoms with Crippen molar-refractivity contribution in [3.63, 3.8) is 0 Å². The van der Waals surface area contributed by atoms with Gasteiger partial charge in [0.2, 0.25) is 0 Å². The maximum atomic E-state index is 6.66. The van der Waals surface area contributed by atoms with Gasteiger partial charge in [0.25, 0.3) is 0 Å². The number of hydrogen-bond donors (Lipinski definition) is 0. The van der Waals surface area contributed by atoms with E-state index >= 15 is 0 Å². The van der Waals surface area contributed by atoms with Gasteiger partial charge in [-0.05, 0) is 87.9 Å². The van der Waals surface area contributed by atoms with E-state index < -0.39 is 0 Å². The summed E-state index contributed by atoms with van der Waals surface area (Å²) in [7, 11) is 0. The monoisotopic (exact) mass is 723 g/mol. The summed E-state index contributed by atoms with van der Waals surface area (Å²) >= 11 is 3.72. The summed E-state index contributed by atoms with van der Waals surface area (Å²) in [6.07, 6.45) is 0. The second-order valence-electron chi connectivity index (χ2n) is 14.0. The Balaban J connectivity index is 1.10. The van der Waals surface area contributed by atoms with Crippen molar-refractivity contribution in [2.75, 3.05) is 4.90 Å². The maximum Gasteiger partial charge on any atom is 0.143 e. The van der Waals surface area contributed by atoms with E-state index in [1.165, 1.54) is 78.7 Å². The van der Waals surface area contributed by atoms with Crippen LogP contribution in [0.3, 0.4) is 0 Å². The molecule has 0 atom stereocenters. The number of benzene rings is 9. The van der Waals surface area contributed by atoms with Crippen LogP contribution < -0.4 is 4.90 Å². The van der Waals surface area contributed by atoms with Crippen molar-refractivity contribution < 1.29 is 4.42 Å². The number of nitrogens with zero attached hydrogens (tertiary/aromatic N) is 1. The molecule has 0 aliphatic rings. The average molecular weight is 724 g/mol. The van der Waals surface area contributed by atoms with Gasteiger partial charge < -0.3 is 9.32 Å². The molecule has 0 aliphatic carbocycles. The molecule has 0 saturated carbocycles. The zero-order chi connectivity index (χ0) is 35.3. The van der Waals surface area contributed by atoms with Gasteiger partial charge in [0.05, 0.1) is 10.4 Å². The molecule has 2 nitrogen and oxygen atoms in total. The van der Waals surface area contributed by atoms with Crippen molar-refractivity contribution in [2.45, 2.75) is 0 Å². The lowest BCUT2D eigenvalue weighted by Crippen LogP contribution is -2.10. The molecule has 12 rings (SSSR count). The molecule has 12 aromatic rings. The molecule has 9 aromatic carbocycles. The van der Waals surface area contributed by atoms with Crippen LogP contribution in [0.15, 0.2) is 180 Å². The highest BCUT2D eigenvalue weighted by atomic mass is 32.1. The summed E-state index contributed by atoms with van der Waals surface area (Å²) in [6, 6.07) is 64.2. The minimum absolute atomic E-state index is 0.926. The van der Waals surface area contributed by atoms with Gasteiger partial charge in [-0.25, -0.2) is 0 Å². The normalized spacial score (nSPS) is 12.1. The second-order valence-corrected chi connectivity index (χ2v) is 16.2. The van der Waals surface area contributed by atoms with E-state index in [-0.39, 0.29) is 0 Å². The summed E-state index contributed by atoms with van der Waals surface area (Å²) in [5.74, 6) is 0. The third kappa shape index (κ3) is 4.38. The van der Waals surface area contributed by atoms with Gasteiger partial charge in [0, 0.05) is 63.2 Å². The Kier molecular flexibility index (Phi) is 6.41. The Hall–Kier alpha value is -6.46. The average Bonchev–Trinajstić information content (AvgIpc) is 3.92. The number of hydrogen-bond acceptors (Lipinski definition) is 4. The molecule has 0 amide bonds. The fourth-order valence-electron chi connectivity index (χ4n) is 8.59. The number of anilines is 3. The molecule has 0 radical (unpaired) electrons. The fraction of sp³-hybridized carbons (Fsp3) is 0. The molecule has 252 valence electrons. The van der Waals surface area contributed by atoms with Crippen LogP contribution >= 0.6 is 22.7 Å². The first kappa shape index (κ1) is 30.0. The Morgan fingerprint density at radius 3 is 1.98 bits per heavy atom. The van der Waals surface area contributed by atoms with Crippen molar-refractivity contribution >= 4 is 124 Å². The predicted molar refractivity (Wildman–Crippen MR) is 235 cm³/mol.